The van der Waals surface area contributed by atoms with E-state index in [2.05, 4.69) is 0 Å². The van der Waals surface area contributed by atoms with Gasteiger partial charge >= 0.3 is 5.97 Å². The fourth-order valence-electron chi connectivity index (χ4n) is 2.43. The molecule has 0 spiro atoms. The molecular formula is C14H18N2O5. The van der Waals surface area contributed by atoms with Gasteiger partial charge in [-0.25, -0.2) is 0 Å². The van der Waals surface area contributed by atoms with Crippen molar-refractivity contribution in [2.45, 2.75) is 6.42 Å². The van der Waals surface area contributed by atoms with Gasteiger partial charge in [-0.2, -0.15) is 0 Å². The number of carbonyl (C=O) groups is 2. The highest BCUT2D eigenvalue weighted by Gasteiger charge is 2.25. The van der Waals surface area contributed by atoms with Crippen molar-refractivity contribution < 1.29 is 24.9 Å². The van der Waals surface area contributed by atoms with Crippen molar-refractivity contribution in [1.82, 2.24) is 9.80 Å². The minimum atomic E-state index is -0.895. The molecule has 0 aliphatic carbocycles. The van der Waals surface area contributed by atoms with E-state index in [0.717, 1.165) is 0 Å². The lowest BCUT2D eigenvalue weighted by Gasteiger charge is -2.22. The van der Waals surface area contributed by atoms with Crippen LogP contribution in [0.1, 0.15) is 16.8 Å². The maximum atomic E-state index is 12.4. The summed E-state index contributed by atoms with van der Waals surface area (Å²) < 4.78 is 0. The summed E-state index contributed by atoms with van der Waals surface area (Å²) in [6, 6.07) is 4.15. The van der Waals surface area contributed by atoms with Crippen molar-refractivity contribution in [3.05, 3.63) is 23.8 Å². The number of phenols is 2. The predicted octanol–water partition coefficient (Wildman–Crippen LogP) is 0.330. The molecule has 21 heavy (non-hydrogen) atoms. The van der Waals surface area contributed by atoms with Crippen LogP contribution in [-0.2, 0) is 4.79 Å². The van der Waals surface area contributed by atoms with Gasteiger partial charge in [-0.15, -0.1) is 0 Å². The number of aromatic hydroxyl groups is 2. The third-order valence-corrected chi connectivity index (χ3v) is 3.47. The van der Waals surface area contributed by atoms with Crippen LogP contribution in [0.5, 0.6) is 11.5 Å². The lowest BCUT2D eigenvalue weighted by Crippen LogP contribution is -2.36. The maximum absolute atomic E-state index is 12.4. The highest BCUT2D eigenvalue weighted by molar-refractivity contribution is 5.99. The van der Waals surface area contributed by atoms with Crippen LogP contribution in [0.15, 0.2) is 18.2 Å². The lowest BCUT2D eigenvalue weighted by atomic mass is 10.1. The van der Waals surface area contributed by atoms with Crippen molar-refractivity contribution in [3.8, 4) is 11.5 Å². The number of carboxylic acids is 1. The average molecular weight is 294 g/mol. The summed E-state index contributed by atoms with van der Waals surface area (Å²) >= 11 is 0. The molecule has 7 nitrogen and oxygen atoms in total. The van der Waals surface area contributed by atoms with Gasteiger partial charge in [-0.3, -0.25) is 14.5 Å². The summed E-state index contributed by atoms with van der Waals surface area (Å²) in [7, 11) is 0. The molecule has 1 aromatic carbocycles. The summed E-state index contributed by atoms with van der Waals surface area (Å²) in [6.07, 6.45) is 0.646. The standard InChI is InChI=1S/C14H18N2O5/c17-10-3-1-4-11(18)13(10)14(21)16-6-2-5-15(7-8-16)9-12(19)20/h1,3-4,17-18H,2,5-9H2,(H,19,20). The molecule has 1 aliphatic heterocycles. The first-order valence-electron chi connectivity index (χ1n) is 6.73. The van der Waals surface area contributed by atoms with Gasteiger partial charge in [-0.05, 0) is 18.6 Å². The second-order valence-corrected chi connectivity index (χ2v) is 4.99. The van der Waals surface area contributed by atoms with Gasteiger partial charge in [0, 0.05) is 26.2 Å². The van der Waals surface area contributed by atoms with E-state index >= 15 is 0 Å². The quantitative estimate of drug-likeness (QED) is 0.742. The van der Waals surface area contributed by atoms with E-state index in [1.165, 1.54) is 23.1 Å². The van der Waals surface area contributed by atoms with Crippen LogP contribution in [0.4, 0.5) is 0 Å². The smallest absolute Gasteiger partial charge is 0.317 e. The number of carbonyl (C=O) groups excluding carboxylic acids is 1. The zero-order chi connectivity index (χ0) is 15.4. The molecule has 0 bridgehead atoms. The average Bonchev–Trinajstić information content (AvgIpc) is 2.63. The molecule has 1 aromatic rings. The van der Waals surface area contributed by atoms with E-state index < -0.39 is 11.9 Å². The van der Waals surface area contributed by atoms with Gasteiger partial charge in [0.1, 0.15) is 17.1 Å². The number of benzene rings is 1. The Balaban J connectivity index is 2.08. The van der Waals surface area contributed by atoms with Crippen molar-refractivity contribution in [1.29, 1.82) is 0 Å². The van der Waals surface area contributed by atoms with Crippen LogP contribution in [0.25, 0.3) is 0 Å². The summed E-state index contributed by atoms with van der Waals surface area (Å²) in [5.74, 6) is -1.85. The molecule has 1 amide bonds. The first-order valence-corrected chi connectivity index (χ1v) is 6.73. The number of carboxylic acid groups (broad SMARTS) is 1. The van der Waals surface area contributed by atoms with E-state index in [-0.39, 0.29) is 23.6 Å². The topological polar surface area (TPSA) is 101 Å². The number of hydrogen-bond acceptors (Lipinski definition) is 5. The Morgan fingerprint density at radius 3 is 2.33 bits per heavy atom. The highest BCUT2D eigenvalue weighted by Crippen LogP contribution is 2.27. The minimum absolute atomic E-state index is 0.0517. The van der Waals surface area contributed by atoms with Gasteiger partial charge in [0.25, 0.3) is 5.91 Å². The fourth-order valence-corrected chi connectivity index (χ4v) is 2.43. The van der Waals surface area contributed by atoms with E-state index in [4.69, 9.17) is 5.11 Å². The zero-order valence-electron chi connectivity index (χ0n) is 11.5. The Kier molecular flexibility index (Phi) is 4.64. The summed E-state index contributed by atoms with van der Waals surface area (Å²) in [5.41, 5.74) is -0.107. The van der Waals surface area contributed by atoms with Crippen LogP contribution in [0, 0.1) is 0 Å². The van der Waals surface area contributed by atoms with E-state index in [0.29, 0.717) is 32.6 Å². The van der Waals surface area contributed by atoms with Crippen molar-refractivity contribution >= 4 is 11.9 Å². The van der Waals surface area contributed by atoms with Crippen molar-refractivity contribution in [3.63, 3.8) is 0 Å². The third kappa shape index (κ3) is 3.63. The molecule has 114 valence electrons. The lowest BCUT2D eigenvalue weighted by molar-refractivity contribution is -0.138. The Morgan fingerprint density at radius 2 is 1.71 bits per heavy atom. The van der Waals surface area contributed by atoms with E-state index in [1.54, 1.807) is 4.90 Å². The first kappa shape index (κ1) is 15.1. The highest BCUT2D eigenvalue weighted by atomic mass is 16.4. The molecule has 0 unspecified atom stereocenters. The van der Waals surface area contributed by atoms with Crippen molar-refractivity contribution in [2.24, 2.45) is 0 Å². The number of rotatable bonds is 3. The molecule has 1 saturated heterocycles. The predicted molar refractivity (Wildman–Crippen MR) is 74.4 cm³/mol. The number of hydrogen-bond donors (Lipinski definition) is 3. The van der Waals surface area contributed by atoms with Crippen LogP contribution < -0.4 is 0 Å². The normalized spacial score (nSPS) is 16.5. The number of nitrogens with zero attached hydrogens (tertiary/aromatic N) is 2. The molecule has 0 radical (unpaired) electrons. The van der Waals surface area contributed by atoms with Crippen LogP contribution in [-0.4, -0.2) is 69.7 Å². The zero-order valence-corrected chi connectivity index (χ0v) is 11.5. The summed E-state index contributed by atoms with van der Waals surface area (Å²) in [4.78, 5) is 26.4. The number of amides is 1. The first-order chi connectivity index (χ1) is 9.99. The van der Waals surface area contributed by atoms with Crippen LogP contribution in [0.3, 0.4) is 0 Å². The largest absolute Gasteiger partial charge is 0.507 e. The van der Waals surface area contributed by atoms with Crippen LogP contribution in [0.2, 0.25) is 0 Å². The minimum Gasteiger partial charge on any atom is -0.507 e. The number of aliphatic carboxylic acids is 1. The maximum Gasteiger partial charge on any atom is 0.317 e. The molecular weight excluding hydrogens is 276 g/mol. The number of phenolic OH excluding ortho intramolecular Hbond substituents is 2. The van der Waals surface area contributed by atoms with E-state index in [1.807, 2.05) is 0 Å². The Labute approximate surface area is 122 Å². The molecule has 1 fully saturated rings. The summed E-state index contributed by atoms with van der Waals surface area (Å²) in [5, 5.41) is 28.3. The van der Waals surface area contributed by atoms with Gasteiger partial charge in [0.15, 0.2) is 0 Å². The van der Waals surface area contributed by atoms with Gasteiger partial charge < -0.3 is 20.2 Å². The van der Waals surface area contributed by atoms with E-state index in [9.17, 15) is 19.8 Å². The fraction of sp³-hybridized carbons (Fsp3) is 0.429. The monoisotopic (exact) mass is 294 g/mol. The summed E-state index contributed by atoms with van der Waals surface area (Å²) in [6.45, 7) is 1.82. The molecule has 2 rings (SSSR count). The van der Waals surface area contributed by atoms with Gasteiger partial charge in [0.05, 0.1) is 6.54 Å². The molecule has 0 atom stereocenters. The molecule has 0 saturated carbocycles. The second-order valence-electron chi connectivity index (χ2n) is 4.99. The van der Waals surface area contributed by atoms with Crippen LogP contribution >= 0.6 is 0 Å². The van der Waals surface area contributed by atoms with Gasteiger partial charge in [-0.1, -0.05) is 6.07 Å². The van der Waals surface area contributed by atoms with Gasteiger partial charge in [0.2, 0.25) is 0 Å². The second kappa shape index (κ2) is 6.45. The van der Waals surface area contributed by atoms with Crippen molar-refractivity contribution in [2.75, 3.05) is 32.7 Å². The Morgan fingerprint density at radius 1 is 1.05 bits per heavy atom. The third-order valence-electron chi connectivity index (χ3n) is 3.47. The molecule has 1 aliphatic rings. The SMILES string of the molecule is O=C(O)CN1CCCN(C(=O)c2c(O)cccc2O)CC1. The molecule has 1 heterocycles. The Bertz CT molecular complexity index is 526. The molecule has 7 heteroatoms. The Hall–Kier alpha value is -2.28. The molecule has 0 aromatic heterocycles. The molecule has 3 N–H and O–H groups in total.